The zero-order valence-corrected chi connectivity index (χ0v) is 18.4. The third kappa shape index (κ3) is 3.77. The Hall–Kier alpha value is -3.19. The fraction of sp³-hybridized carbons (Fsp3) is 0.240. The van der Waals surface area contributed by atoms with Crippen LogP contribution in [-0.2, 0) is 10.5 Å². The summed E-state index contributed by atoms with van der Waals surface area (Å²) in [4.78, 5) is 33.7. The van der Waals surface area contributed by atoms with Crippen LogP contribution in [0.25, 0.3) is 0 Å². The van der Waals surface area contributed by atoms with E-state index in [-0.39, 0.29) is 17.2 Å². The number of H-pyrrole nitrogens is 1. The predicted octanol–water partition coefficient (Wildman–Crippen LogP) is 5.07. The molecule has 0 bridgehead atoms. The van der Waals surface area contributed by atoms with Crippen molar-refractivity contribution in [2.24, 2.45) is 0 Å². The Morgan fingerprint density at radius 2 is 1.97 bits per heavy atom. The van der Waals surface area contributed by atoms with E-state index in [2.05, 4.69) is 15.3 Å². The van der Waals surface area contributed by atoms with Gasteiger partial charge in [-0.05, 0) is 37.0 Å². The molecule has 1 aliphatic carbocycles. The lowest BCUT2D eigenvalue weighted by Crippen LogP contribution is -2.32. The van der Waals surface area contributed by atoms with Crippen molar-refractivity contribution >= 4 is 23.4 Å². The van der Waals surface area contributed by atoms with E-state index < -0.39 is 5.92 Å². The summed E-state index contributed by atoms with van der Waals surface area (Å²) >= 11 is 1.27. The number of Topliss-reactive ketones (excluding diaryl/α,β-unsaturated/α-hetero) is 1. The van der Waals surface area contributed by atoms with Crippen molar-refractivity contribution in [1.29, 1.82) is 0 Å². The van der Waals surface area contributed by atoms with Gasteiger partial charge in [0.25, 0.3) is 5.56 Å². The van der Waals surface area contributed by atoms with Gasteiger partial charge in [0, 0.05) is 29.4 Å². The molecule has 162 valence electrons. The number of nitrogens with one attached hydrogen (secondary N) is 2. The van der Waals surface area contributed by atoms with Crippen molar-refractivity contribution in [2.75, 3.05) is 5.32 Å². The van der Waals surface area contributed by atoms with Crippen molar-refractivity contribution in [3.63, 3.8) is 0 Å². The largest absolute Gasteiger partial charge is 0.343 e. The number of aromatic nitrogens is 2. The van der Waals surface area contributed by atoms with Gasteiger partial charge in [-0.1, -0.05) is 59.8 Å². The molecule has 7 heteroatoms. The Morgan fingerprint density at radius 3 is 2.78 bits per heavy atom. The Labute approximate surface area is 189 Å². The molecule has 2 N–H and O–H groups in total. The monoisotopic (exact) mass is 447 g/mol. The molecular weight excluding hydrogens is 425 g/mol. The van der Waals surface area contributed by atoms with Crippen LogP contribution in [0.4, 0.5) is 10.2 Å². The maximum Gasteiger partial charge on any atom is 0.257 e. The second-order valence-corrected chi connectivity index (χ2v) is 9.12. The third-order valence-corrected chi connectivity index (χ3v) is 6.86. The quantitative estimate of drug-likeness (QED) is 0.431. The molecule has 0 saturated carbocycles. The molecule has 0 radical (unpaired) electrons. The number of ketones is 1. The molecule has 0 fully saturated rings. The molecule has 0 spiro atoms. The molecule has 2 aromatic carbocycles. The van der Waals surface area contributed by atoms with Crippen molar-refractivity contribution in [3.05, 3.63) is 98.2 Å². The van der Waals surface area contributed by atoms with Gasteiger partial charge in [-0.15, -0.1) is 0 Å². The number of hydrogen-bond donors (Lipinski definition) is 2. The number of nitrogens with zero attached hydrogens (tertiary/aromatic N) is 1. The van der Waals surface area contributed by atoms with Crippen molar-refractivity contribution in [3.8, 4) is 0 Å². The molecule has 2 heterocycles. The first kappa shape index (κ1) is 20.7. The number of thioether (sulfide) groups is 1. The molecular formula is C25H22FN3O2S. The summed E-state index contributed by atoms with van der Waals surface area (Å²) in [6.07, 6.45) is 2.01. The van der Waals surface area contributed by atoms with Crippen molar-refractivity contribution in [2.45, 2.75) is 43.0 Å². The van der Waals surface area contributed by atoms with Crippen LogP contribution in [0.5, 0.6) is 0 Å². The zero-order valence-electron chi connectivity index (χ0n) is 17.6. The molecule has 0 amide bonds. The van der Waals surface area contributed by atoms with Crippen LogP contribution < -0.4 is 10.9 Å². The molecule has 32 heavy (non-hydrogen) atoms. The Kier molecular flexibility index (Phi) is 5.43. The number of halogens is 1. The van der Waals surface area contributed by atoms with Crippen LogP contribution in [0, 0.1) is 12.7 Å². The predicted molar refractivity (Wildman–Crippen MR) is 123 cm³/mol. The molecule has 1 unspecified atom stereocenters. The summed E-state index contributed by atoms with van der Waals surface area (Å²) in [6, 6.07) is 14.5. The van der Waals surface area contributed by atoms with Gasteiger partial charge < -0.3 is 10.3 Å². The minimum Gasteiger partial charge on any atom is -0.343 e. The Morgan fingerprint density at radius 1 is 1.12 bits per heavy atom. The number of hydrogen-bond acceptors (Lipinski definition) is 5. The highest BCUT2D eigenvalue weighted by atomic mass is 32.2. The Bertz CT molecular complexity index is 1310. The number of benzene rings is 2. The van der Waals surface area contributed by atoms with Crippen molar-refractivity contribution in [1.82, 2.24) is 9.97 Å². The summed E-state index contributed by atoms with van der Waals surface area (Å²) in [7, 11) is 0. The molecule has 3 aromatic rings. The topological polar surface area (TPSA) is 74.8 Å². The number of rotatable bonds is 4. The average Bonchev–Trinajstić information content (AvgIpc) is 2.77. The van der Waals surface area contributed by atoms with Crippen molar-refractivity contribution < 1.29 is 9.18 Å². The van der Waals surface area contributed by atoms with Gasteiger partial charge in [0.05, 0.1) is 5.56 Å². The molecule has 1 aromatic heterocycles. The first-order valence-corrected chi connectivity index (χ1v) is 11.6. The number of aryl methyl sites for hydroxylation is 1. The average molecular weight is 448 g/mol. The van der Waals surface area contributed by atoms with E-state index in [1.807, 2.05) is 31.2 Å². The molecule has 5 nitrogen and oxygen atoms in total. The fourth-order valence-corrected chi connectivity index (χ4v) is 5.30. The van der Waals surface area contributed by atoms with E-state index in [1.54, 1.807) is 18.2 Å². The van der Waals surface area contributed by atoms with Gasteiger partial charge in [0.2, 0.25) is 0 Å². The van der Waals surface area contributed by atoms with Gasteiger partial charge in [-0.2, -0.15) is 0 Å². The maximum atomic E-state index is 14.0. The number of carbonyl (C=O) groups is 1. The number of allylic oxidation sites excluding steroid dienone is 2. The highest BCUT2D eigenvalue weighted by Gasteiger charge is 2.37. The maximum absolute atomic E-state index is 14.0. The van der Waals surface area contributed by atoms with Crippen LogP contribution in [0.2, 0.25) is 0 Å². The first-order chi connectivity index (χ1) is 15.5. The minimum atomic E-state index is -0.448. The Balaban J connectivity index is 1.57. The van der Waals surface area contributed by atoms with E-state index in [1.165, 1.54) is 17.8 Å². The van der Waals surface area contributed by atoms with E-state index in [4.69, 9.17) is 0 Å². The van der Waals surface area contributed by atoms with Crippen LogP contribution in [0.1, 0.15) is 47.4 Å². The van der Waals surface area contributed by atoms with Gasteiger partial charge >= 0.3 is 0 Å². The summed E-state index contributed by atoms with van der Waals surface area (Å²) in [5.74, 6) is 0.171. The second-order valence-electron chi connectivity index (χ2n) is 8.15. The summed E-state index contributed by atoms with van der Waals surface area (Å²) in [6.45, 7) is 1.99. The molecule has 0 saturated heterocycles. The van der Waals surface area contributed by atoms with Crippen LogP contribution in [0.15, 0.2) is 69.8 Å². The lowest BCUT2D eigenvalue weighted by Gasteiger charge is -2.32. The lowest BCUT2D eigenvalue weighted by atomic mass is 9.76. The molecule has 1 atom stereocenters. The highest BCUT2D eigenvalue weighted by Crippen LogP contribution is 2.43. The van der Waals surface area contributed by atoms with Gasteiger partial charge in [-0.25, -0.2) is 9.37 Å². The van der Waals surface area contributed by atoms with E-state index >= 15 is 0 Å². The smallest absolute Gasteiger partial charge is 0.257 e. The highest BCUT2D eigenvalue weighted by molar-refractivity contribution is 7.98. The number of carbonyl (C=O) groups excluding carboxylic acids is 1. The number of fused-ring (bicyclic) bond motifs is 1. The SMILES string of the molecule is Cc1cccc(C2C3=C(CCCC3=O)Nc3nc(SCc4ccccc4F)[nH]c(=O)c32)c1. The van der Waals surface area contributed by atoms with E-state index in [0.29, 0.717) is 39.8 Å². The van der Waals surface area contributed by atoms with Gasteiger partial charge in [-0.3, -0.25) is 9.59 Å². The summed E-state index contributed by atoms with van der Waals surface area (Å²) in [5.41, 5.74) is 4.22. The summed E-state index contributed by atoms with van der Waals surface area (Å²) < 4.78 is 14.0. The standard InChI is InChI=1S/C25H22FN3O2S/c1-14-6-4-8-15(12-14)20-21-18(10-5-11-19(21)30)27-23-22(20)24(31)29-25(28-23)32-13-16-7-2-3-9-17(16)26/h2-4,6-9,12,20H,5,10-11,13H2,1H3,(H2,27,28,29,31). The zero-order chi connectivity index (χ0) is 22.2. The fourth-order valence-electron chi connectivity index (χ4n) is 4.45. The van der Waals surface area contributed by atoms with E-state index in [0.717, 1.165) is 29.7 Å². The number of aromatic amines is 1. The second kappa shape index (κ2) is 8.39. The normalized spacial score (nSPS) is 17.6. The first-order valence-electron chi connectivity index (χ1n) is 10.6. The molecule has 1 aliphatic heterocycles. The summed E-state index contributed by atoms with van der Waals surface area (Å²) in [5, 5.41) is 3.69. The van der Waals surface area contributed by atoms with Crippen LogP contribution in [-0.4, -0.2) is 15.8 Å². The van der Waals surface area contributed by atoms with Gasteiger partial charge in [0.15, 0.2) is 10.9 Å². The van der Waals surface area contributed by atoms with Crippen LogP contribution in [0.3, 0.4) is 0 Å². The molecule has 5 rings (SSSR count). The van der Waals surface area contributed by atoms with Crippen LogP contribution >= 0.6 is 11.8 Å². The third-order valence-electron chi connectivity index (χ3n) is 5.93. The lowest BCUT2D eigenvalue weighted by molar-refractivity contribution is -0.116. The minimum absolute atomic E-state index is 0.0771. The van der Waals surface area contributed by atoms with Gasteiger partial charge in [0.1, 0.15) is 11.6 Å². The molecule has 2 aliphatic rings. The number of anilines is 1. The van der Waals surface area contributed by atoms with E-state index in [9.17, 15) is 14.0 Å².